The van der Waals surface area contributed by atoms with Gasteiger partial charge in [0.2, 0.25) is 5.88 Å². The number of rotatable bonds is 4. The Morgan fingerprint density at radius 3 is 2.67 bits per heavy atom. The first kappa shape index (κ1) is 22.0. The first-order valence-corrected chi connectivity index (χ1v) is 10.1. The van der Waals surface area contributed by atoms with Crippen molar-refractivity contribution in [3.05, 3.63) is 37.1 Å². The number of alkyl carbamates (subject to hydrolysis) is 1. The summed E-state index contributed by atoms with van der Waals surface area (Å²) in [5, 5.41) is 11.9. The number of nitrogen functional groups attached to an aromatic ring is 1. The van der Waals surface area contributed by atoms with Gasteiger partial charge in [-0.1, -0.05) is 0 Å². The number of aliphatic hydroxyl groups excluding tert-OH is 1. The van der Waals surface area contributed by atoms with Gasteiger partial charge >= 0.3 is 12.2 Å². The van der Waals surface area contributed by atoms with E-state index < -0.39 is 17.8 Å². The number of amides is 2. The van der Waals surface area contributed by atoms with E-state index in [1.807, 2.05) is 5.32 Å². The van der Waals surface area contributed by atoms with Gasteiger partial charge in [0.25, 0.3) is 0 Å². The maximum Gasteiger partial charge on any atom is 0.423 e. The van der Waals surface area contributed by atoms with Crippen LogP contribution in [0.3, 0.4) is 0 Å². The van der Waals surface area contributed by atoms with Gasteiger partial charge in [0.1, 0.15) is 17.6 Å². The zero-order valence-electron chi connectivity index (χ0n) is 18.3. The van der Waals surface area contributed by atoms with E-state index in [2.05, 4.69) is 15.0 Å². The highest BCUT2D eigenvalue weighted by molar-refractivity contribution is 5.99. The third-order valence-electron chi connectivity index (χ3n) is 4.61. The molecule has 4 rings (SSSR count). The summed E-state index contributed by atoms with van der Waals surface area (Å²) in [6, 6.07) is 3.51. The minimum atomic E-state index is -1.06. The van der Waals surface area contributed by atoms with Crippen LogP contribution in [0.1, 0.15) is 20.8 Å². The first-order valence-electron chi connectivity index (χ1n) is 10.1. The molecule has 33 heavy (non-hydrogen) atoms. The molecule has 0 spiro atoms. The Morgan fingerprint density at radius 2 is 1.94 bits per heavy atom. The van der Waals surface area contributed by atoms with Gasteiger partial charge in [-0.15, -0.1) is 0 Å². The van der Waals surface area contributed by atoms with Crippen LogP contribution in [0.4, 0.5) is 15.3 Å². The van der Waals surface area contributed by atoms with Crippen LogP contribution >= 0.6 is 0 Å². The molecule has 2 amide bonds. The number of nitrogens with zero attached hydrogens (tertiary/aromatic N) is 5. The topological polar surface area (TPSA) is 159 Å². The van der Waals surface area contributed by atoms with Crippen molar-refractivity contribution in [3.63, 3.8) is 0 Å². The van der Waals surface area contributed by atoms with Crippen LogP contribution in [0, 0.1) is 0 Å². The molecule has 4 heterocycles. The molecule has 0 aromatic carbocycles. The molecule has 12 nitrogen and oxygen atoms in total. The minimum absolute atomic E-state index is 0.0714. The molecule has 0 radical (unpaired) electrons. The highest BCUT2D eigenvalue weighted by Crippen LogP contribution is 2.35. The second kappa shape index (κ2) is 8.39. The average Bonchev–Trinajstić information content (AvgIpc) is 3.34. The summed E-state index contributed by atoms with van der Waals surface area (Å²) in [6.07, 6.45) is 4.34. The zero-order chi connectivity index (χ0) is 23.8. The Morgan fingerprint density at radius 1 is 1.15 bits per heavy atom. The normalized spacial score (nSPS) is 11.6. The lowest BCUT2D eigenvalue weighted by Crippen LogP contribution is -2.38. The Balaban J connectivity index is 1.79. The molecule has 0 bridgehead atoms. The van der Waals surface area contributed by atoms with E-state index in [0.717, 1.165) is 0 Å². The largest absolute Gasteiger partial charge is 0.443 e. The molecule has 4 aromatic rings. The molecule has 0 aliphatic heterocycles. The predicted molar refractivity (Wildman–Crippen MR) is 119 cm³/mol. The highest BCUT2D eigenvalue weighted by atomic mass is 16.6. The van der Waals surface area contributed by atoms with Crippen LogP contribution in [0.25, 0.3) is 27.9 Å². The molecule has 4 aromatic heterocycles. The fourth-order valence-electron chi connectivity index (χ4n) is 3.40. The van der Waals surface area contributed by atoms with Crippen LogP contribution in [-0.4, -0.2) is 53.4 Å². The first-order chi connectivity index (χ1) is 15.7. The van der Waals surface area contributed by atoms with E-state index in [1.54, 1.807) is 60.5 Å². The standard InChI is InChI=1S/C21H23N7O5/c1-21(2,3)33-20(31)26-19(30)32-18-15-12(10-27(8-9-29)17(15)24-11-25-18)14-5-4-13(22)16-23-6-7-28(14)16/h4-7,10-11,29H,8-9,22H2,1-3H3,(H,26,30,31). The van der Waals surface area contributed by atoms with Crippen molar-refractivity contribution >= 4 is 34.6 Å². The summed E-state index contributed by atoms with van der Waals surface area (Å²) < 4.78 is 13.9. The Hall–Kier alpha value is -4.19. The van der Waals surface area contributed by atoms with E-state index in [9.17, 15) is 14.7 Å². The van der Waals surface area contributed by atoms with Crippen molar-refractivity contribution in [2.75, 3.05) is 12.3 Å². The molecule has 0 fully saturated rings. The van der Waals surface area contributed by atoms with Crippen molar-refractivity contribution in [2.24, 2.45) is 0 Å². The molecule has 0 saturated heterocycles. The maximum atomic E-state index is 12.4. The SMILES string of the molecule is CC(C)(C)OC(=O)NC(=O)Oc1ncnc2c1c(-c1ccc(N)c3nccn13)cn2CCO. The van der Waals surface area contributed by atoms with Gasteiger partial charge in [-0.05, 0) is 32.9 Å². The summed E-state index contributed by atoms with van der Waals surface area (Å²) in [5.41, 5.74) is 8.02. The van der Waals surface area contributed by atoms with Gasteiger partial charge in [-0.3, -0.25) is 4.40 Å². The molecule has 12 heteroatoms. The van der Waals surface area contributed by atoms with Gasteiger partial charge in [0, 0.05) is 30.7 Å². The molecule has 172 valence electrons. The average molecular weight is 453 g/mol. The molecule has 4 N–H and O–H groups in total. The number of carbonyl (C=O) groups excluding carboxylic acids is 2. The molecule has 0 atom stereocenters. The number of imide groups is 1. The van der Waals surface area contributed by atoms with E-state index >= 15 is 0 Å². The number of anilines is 1. The Kier molecular flexibility index (Phi) is 5.60. The number of aliphatic hydroxyl groups is 1. The lowest BCUT2D eigenvalue weighted by Gasteiger charge is -2.19. The quantitative estimate of drug-likeness (QED) is 0.421. The summed E-state index contributed by atoms with van der Waals surface area (Å²) in [4.78, 5) is 37.0. The maximum absolute atomic E-state index is 12.4. The van der Waals surface area contributed by atoms with Crippen molar-refractivity contribution in [1.82, 2.24) is 29.2 Å². The number of aromatic nitrogens is 5. The second-order valence-electron chi connectivity index (χ2n) is 8.15. The van der Waals surface area contributed by atoms with Gasteiger partial charge in [0.05, 0.1) is 23.4 Å². The van der Waals surface area contributed by atoms with Crippen LogP contribution < -0.4 is 15.8 Å². The minimum Gasteiger partial charge on any atom is -0.443 e. The number of hydrogen-bond acceptors (Lipinski definition) is 9. The number of ether oxygens (including phenoxy) is 2. The number of nitrogens with one attached hydrogen (secondary N) is 1. The number of carbonyl (C=O) groups is 2. The summed E-state index contributed by atoms with van der Waals surface area (Å²) in [5.74, 6) is -0.0714. The number of hydrogen-bond donors (Lipinski definition) is 3. The van der Waals surface area contributed by atoms with E-state index in [0.29, 0.717) is 33.6 Å². The third-order valence-corrected chi connectivity index (χ3v) is 4.61. The molecule has 0 unspecified atom stereocenters. The molecule has 0 aliphatic carbocycles. The molecular weight excluding hydrogens is 430 g/mol. The lowest BCUT2D eigenvalue weighted by molar-refractivity contribution is 0.0533. The fourth-order valence-corrected chi connectivity index (χ4v) is 3.40. The van der Waals surface area contributed by atoms with Gasteiger partial charge in [0.15, 0.2) is 5.65 Å². The van der Waals surface area contributed by atoms with Gasteiger partial charge in [-0.25, -0.2) is 29.9 Å². The smallest absolute Gasteiger partial charge is 0.423 e. The highest BCUT2D eigenvalue weighted by Gasteiger charge is 2.23. The summed E-state index contributed by atoms with van der Waals surface area (Å²) >= 11 is 0. The number of nitrogens with two attached hydrogens (primary N) is 1. The Labute approximate surface area is 188 Å². The number of pyridine rings is 1. The van der Waals surface area contributed by atoms with Crippen LogP contribution in [0.15, 0.2) is 37.1 Å². The van der Waals surface area contributed by atoms with E-state index in [1.165, 1.54) is 6.33 Å². The van der Waals surface area contributed by atoms with Crippen molar-refractivity contribution in [1.29, 1.82) is 0 Å². The second-order valence-corrected chi connectivity index (χ2v) is 8.15. The lowest BCUT2D eigenvalue weighted by atomic mass is 10.1. The monoisotopic (exact) mass is 453 g/mol. The van der Waals surface area contributed by atoms with E-state index in [-0.39, 0.29) is 19.0 Å². The molecular formula is C21H23N7O5. The molecule has 0 aliphatic rings. The van der Waals surface area contributed by atoms with Crippen LogP contribution in [0.5, 0.6) is 5.88 Å². The summed E-state index contributed by atoms with van der Waals surface area (Å²) in [7, 11) is 0. The fraction of sp³-hybridized carbons (Fsp3) is 0.286. The van der Waals surface area contributed by atoms with Crippen LogP contribution in [-0.2, 0) is 11.3 Å². The predicted octanol–water partition coefficient (Wildman–Crippen LogP) is 2.34. The number of imidazole rings is 1. The summed E-state index contributed by atoms with van der Waals surface area (Å²) in [6.45, 7) is 5.13. The third kappa shape index (κ3) is 4.41. The van der Waals surface area contributed by atoms with Crippen molar-refractivity contribution in [3.8, 4) is 17.1 Å². The molecule has 0 saturated carbocycles. The van der Waals surface area contributed by atoms with Gasteiger partial charge in [-0.2, -0.15) is 0 Å². The number of fused-ring (bicyclic) bond motifs is 2. The zero-order valence-corrected chi connectivity index (χ0v) is 18.3. The van der Waals surface area contributed by atoms with Crippen molar-refractivity contribution < 1.29 is 24.2 Å². The van der Waals surface area contributed by atoms with Crippen molar-refractivity contribution in [2.45, 2.75) is 32.9 Å². The van der Waals surface area contributed by atoms with Crippen LogP contribution in [0.2, 0.25) is 0 Å². The Bertz CT molecular complexity index is 1350. The van der Waals surface area contributed by atoms with Gasteiger partial charge < -0.3 is 24.9 Å². The van der Waals surface area contributed by atoms with E-state index in [4.69, 9.17) is 15.2 Å².